The van der Waals surface area contributed by atoms with Crippen LogP contribution in [0.15, 0.2) is 71.6 Å². The van der Waals surface area contributed by atoms with Crippen molar-refractivity contribution < 1.29 is 22.8 Å². The summed E-state index contributed by atoms with van der Waals surface area (Å²) in [5, 5.41) is 11.0. The molecule has 0 aromatic heterocycles. The van der Waals surface area contributed by atoms with Gasteiger partial charge in [0.05, 0.1) is 15.9 Å². The first-order valence-electron chi connectivity index (χ1n) is 10.00. The van der Waals surface area contributed by atoms with Crippen LogP contribution in [0, 0.1) is 10.1 Å². The summed E-state index contributed by atoms with van der Waals surface area (Å²) in [5.41, 5.74) is 0.667. The average Bonchev–Trinajstić information content (AvgIpc) is 3.06. The van der Waals surface area contributed by atoms with Gasteiger partial charge in [-0.25, -0.2) is 8.42 Å². The van der Waals surface area contributed by atoms with E-state index in [1.807, 2.05) is 56.3 Å². The van der Waals surface area contributed by atoms with Gasteiger partial charge in [0.1, 0.15) is 12.2 Å². The first-order valence-corrected chi connectivity index (χ1v) is 11.4. The maximum atomic E-state index is 13.7. The number of nitro groups is 1. The Morgan fingerprint density at radius 1 is 1.10 bits per heavy atom. The first-order chi connectivity index (χ1) is 14.7. The summed E-state index contributed by atoms with van der Waals surface area (Å²) in [7, 11) is -3.98. The molecule has 4 rings (SSSR count). The second kappa shape index (κ2) is 8.16. The molecule has 164 valence electrons. The number of hydrogen-bond acceptors (Lipinski definition) is 6. The molecule has 0 saturated carbocycles. The number of sulfonamides is 1. The van der Waals surface area contributed by atoms with Gasteiger partial charge in [-0.15, -0.1) is 0 Å². The summed E-state index contributed by atoms with van der Waals surface area (Å²) >= 11 is 0. The molecule has 0 radical (unpaired) electrons. The summed E-state index contributed by atoms with van der Waals surface area (Å²) in [6.07, 6.45) is 3.49. The Kier molecular flexibility index (Phi) is 5.69. The van der Waals surface area contributed by atoms with Gasteiger partial charge in [-0.2, -0.15) is 4.31 Å². The van der Waals surface area contributed by atoms with Crippen molar-refractivity contribution in [2.24, 2.45) is 0 Å². The Balaban J connectivity index is 1.74. The van der Waals surface area contributed by atoms with Gasteiger partial charge in [-0.3, -0.25) is 10.1 Å². The van der Waals surface area contributed by atoms with E-state index in [0.717, 1.165) is 5.56 Å². The summed E-state index contributed by atoms with van der Waals surface area (Å²) in [6, 6.07) is 13.8. The molecule has 1 heterocycles. The van der Waals surface area contributed by atoms with Crippen molar-refractivity contribution in [2.75, 3.05) is 0 Å². The average molecular weight is 445 g/mol. The summed E-state index contributed by atoms with van der Waals surface area (Å²) in [5.74, 6) is -0.822. The third-order valence-electron chi connectivity index (χ3n) is 5.45. The fourth-order valence-electron chi connectivity index (χ4n) is 4.05. The third kappa shape index (κ3) is 4.40. The van der Waals surface area contributed by atoms with E-state index in [0.29, 0.717) is 6.42 Å². The molecule has 0 amide bonds. The molecule has 31 heavy (non-hydrogen) atoms. The fraction of sp³-hybridized carbons (Fsp3) is 0.364. The van der Waals surface area contributed by atoms with Crippen molar-refractivity contribution in [3.05, 3.63) is 82.4 Å². The number of nitro benzene ring substituents is 1. The van der Waals surface area contributed by atoms with E-state index in [1.54, 1.807) is 0 Å². The lowest BCUT2D eigenvalue weighted by Crippen LogP contribution is -2.50. The van der Waals surface area contributed by atoms with Crippen LogP contribution in [0.1, 0.15) is 25.8 Å². The largest absolute Gasteiger partial charge is 0.343 e. The van der Waals surface area contributed by atoms with Gasteiger partial charge in [0.25, 0.3) is 5.69 Å². The van der Waals surface area contributed by atoms with Crippen molar-refractivity contribution in [1.82, 2.24) is 4.31 Å². The van der Waals surface area contributed by atoms with Gasteiger partial charge < -0.3 is 9.47 Å². The number of fused-ring (bicyclic) bond motifs is 1. The van der Waals surface area contributed by atoms with Crippen LogP contribution in [0.4, 0.5) is 5.69 Å². The fourth-order valence-corrected chi connectivity index (χ4v) is 5.68. The minimum atomic E-state index is -3.98. The van der Waals surface area contributed by atoms with E-state index in [9.17, 15) is 18.5 Å². The van der Waals surface area contributed by atoms with Crippen LogP contribution in [0.5, 0.6) is 0 Å². The number of non-ortho nitro benzene ring substituents is 1. The number of rotatable bonds is 6. The highest BCUT2D eigenvalue weighted by atomic mass is 32.2. The standard InChI is InChI=1S/C22H24N2O6S/c1-22(2)29-20-10-6-9-19(21(20)30-22)23(15-16-7-4-3-5-8-16)31(27,28)18-13-11-17(12-14-18)24(25)26/h3-8,10-14,19-21H,9,15H2,1-2H3/t19-,20+,21-/m1/s1. The van der Waals surface area contributed by atoms with Crippen molar-refractivity contribution in [2.45, 2.75) is 55.7 Å². The summed E-state index contributed by atoms with van der Waals surface area (Å²) in [4.78, 5) is 10.4. The van der Waals surface area contributed by atoms with Crippen molar-refractivity contribution >= 4 is 15.7 Å². The zero-order valence-electron chi connectivity index (χ0n) is 17.2. The van der Waals surface area contributed by atoms with Gasteiger partial charge in [0, 0.05) is 18.7 Å². The minimum absolute atomic E-state index is 0.00157. The van der Waals surface area contributed by atoms with Gasteiger partial charge in [-0.1, -0.05) is 42.5 Å². The van der Waals surface area contributed by atoms with E-state index >= 15 is 0 Å². The maximum absolute atomic E-state index is 13.7. The molecule has 9 heteroatoms. The monoisotopic (exact) mass is 444 g/mol. The predicted molar refractivity (Wildman–Crippen MR) is 114 cm³/mol. The second-order valence-electron chi connectivity index (χ2n) is 8.08. The van der Waals surface area contributed by atoms with Crippen molar-refractivity contribution in [3.63, 3.8) is 0 Å². The van der Waals surface area contributed by atoms with Crippen LogP contribution in [0.25, 0.3) is 0 Å². The SMILES string of the molecule is CC1(C)O[C@H]2[C@H](C=CC[C@H]2N(Cc2ccccc2)S(=O)(=O)c2ccc([N+](=O)[O-])cc2)O1. The van der Waals surface area contributed by atoms with E-state index in [-0.39, 0.29) is 23.2 Å². The Labute approximate surface area is 181 Å². The quantitative estimate of drug-likeness (QED) is 0.383. The maximum Gasteiger partial charge on any atom is 0.269 e. The molecule has 2 aliphatic rings. The Morgan fingerprint density at radius 3 is 2.42 bits per heavy atom. The smallest absolute Gasteiger partial charge is 0.269 e. The molecule has 0 N–H and O–H groups in total. The van der Waals surface area contributed by atoms with Gasteiger partial charge in [0.15, 0.2) is 5.79 Å². The van der Waals surface area contributed by atoms with Gasteiger partial charge >= 0.3 is 0 Å². The molecule has 1 aliphatic carbocycles. The molecule has 1 saturated heterocycles. The molecule has 2 aromatic carbocycles. The minimum Gasteiger partial charge on any atom is -0.343 e. The first kappa shape index (κ1) is 21.6. The topological polar surface area (TPSA) is 99.0 Å². The third-order valence-corrected chi connectivity index (χ3v) is 7.34. The van der Waals surface area contributed by atoms with E-state index in [4.69, 9.17) is 9.47 Å². The van der Waals surface area contributed by atoms with Gasteiger partial charge in [0.2, 0.25) is 10.0 Å². The van der Waals surface area contributed by atoms with E-state index < -0.39 is 32.9 Å². The molecule has 0 bridgehead atoms. The lowest BCUT2D eigenvalue weighted by Gasteiger charge is -2.36. The zero-order chi connectivity index (χ0) is 22.2. The van der Waals surface area contributed by atoms with Crippen molar-refractivity contribution in [1.29, 1.82) is 0 Å². The Hall–Kier alpha value is -2.59. The number of nitrogens with zero attached hydrogens (tertiary/aromatic N) is 2. The molecule has 3 atom stereocenters. The van der Waals surface area contributed by atoms with Crippen LogP contribution in [-0.2, 0) is 26.0 Å². The molecule has 8 nitrogen and oxygen atoms in total. The predicted octanol–water partition coefficient (Wildman–Crippen LogP) is 3.63. The molecule has 1 fully saturated rings. The highest BCUT2D eigenvalue weighted by Gasteiger charge is 2.49. The molecular weight excluding hydrogens is 420 g/mol. The molecule has 1 aliphatic heterocycles. The van der Waals surface area contributed by atoms with Crippen LogP contribution in [0.3, 0.4) is 0 Å². The second-order valence-corrected chi connectivity index (χ2v) is 9.97. The lowest BCUT2D eigenvalue weighted by atomic mass is 9.96. The molecular formula is C22H24N2O6S. The van der Waals surface area contributed by atoms with Gasteiger partial charge in [-0.05, 0) is 38.0 Å². The summed E-state index contributed by atoms with van der Waals surface area (Å²) in [6.45, 7) is 3.76. The number of benzene rings is 2. The molecule has 2 aromatic rings. The molecule has 0 unspecified atom stereocenters. The normalized spacial score (nSPS) is 24.8. The summed E-state index contributed by atoms with van der Waals surface area (Å²) < 4.78 is 40.9. The van der Waals surface area contributed by atoms with Crippen LogP contribution >= 0.6 is 0 Å². The number of ether oxygens (including phenoxy) is 2. The van der Waals surface area contributed by atoms with Crippen LogP contribution in [-0.4, -0.2) is 41.7 Å². The highest BCUT2D eigenvalue weighted by Crippen LogP contribution is 2.38. The lowest BCUT2D eigenvalue weighted by molar-refractivity contribution is -0.384. The number of hydrogen-bond donors (Lipinski definition) is 0. The van der Waals surface area contributed by atoms with E-state index in [2.05, 4.69) is 0 Å². The van der Waals surface area contributed by atoms with Crippen molar-refractivity contribution in [3.8, 4) is 0 Å². The van der Waals surface area contributed by atoms with Crippen LogP contribution < -0.4 is 0 Å². The zero-order valence-corrected chi connectivity index (χ0v) is 18.1. The van der Waals surface area contributed by atoms with E-state index in [1.165, 1.54) is 28.6 Å². The molecule has 0 spiro atoms. The Bertz CT molecular complexity index is 1080. The Morgan fingerprint density at radius 2 is 1.77 bits per heavy atom. The van der Waals surface area contributed by atoms with Crippen LogP contribution in [0.2, 0.25) is 0 Å². The highest BCUT2D eigenvalue weighted by molar-refractivity contribution is 7.89.